The number of rotatable bonds is 8. The second-order valence-corrected chi connectivity index (χ2v) is 10.1. The Balaban J connectivity index is 1.51. The predicted octanol–water partition coefficient (Wildman–Crippen LogP) is 4.87. The molecule has 206 valence electrons. The summed E-state index contributed by atoms with van der Waals surface area (Å²) >= 11 is 0. The molecule has 40 heavy (non-hydrogen) atoms. The van der Waals surface area contributed by atoms with Crippen LogP contribution in [0.2, 0.25) is 0 Å². The fraction of sp³-hybridized carbons (Fsp3) is 0.281. The van der Waals surface area contributed by atoms with Crippen molar-refractivity contribution in [3.05, 3.63) is 101 Å². The number of amides is 1. The maximum atomic E-state index is 13.8. The molecule has 0 fully saturated rings. The van der Waals surface area contributed by atoms with E-state index < -0.39 is 11.8 Å². The third-order valence-corrected chi connectivity index (χ3v) is 7.40. The first-order valence-electron chi connectivity index (χ1n) is 13.3. The highest BCUT2D eigenvalue weighted by Crippen LogP contribution is 2.45. The van der Waals surface area contributed by atoms with E-state index in [1.165, 1.54) is 0 Å². The Morgan fingerprint density at radius 1 is 1.05 bits per heavy atom. The van der Waals surface area contributed by atoms with E-state index in [0.29, 0.717) is 35.0 Å². The van der Waals surface area contributed by atoms with Crippen LogP contribution in [0.25, 0.3) is 0 Å². The summed E-state index contributed by atoms with van der Waals surface area (Å²) in [5, 5.41) is 6.30. The molecular formula is C32H34N3O5+. The number of aryl methyl sites for hydroxylation is 1. The molecule has 1 aliphatic carbocycles. The van der Waals surface area contributed by atoms with Crippen molar-refractivity contribution in [1.29, 1.82) is 0 Å². The molecule has 2 unspecified atom stereocenters. The average Bonchev–Trinajstić information content (AvgIpc) is 2.95. The number of hydrogen-bond donors (Lipinski definition) is 2. The summed E-state index contributed by atoms with van der Waals surface area (Å²) in [6, 6.07) is 16.9. The summed E-state index contributed by atoms with van der Waals surface area (Å²) in [6.07, 6.45) is 3.73. The van der Waals surface area contributed by atoms with E-state index in [4.69, 9.17) is 14.2 Å². The number of carbonyl (C=O) groups excluding carboxylic acids is 2. The Bertz CT molecular complexity index is 1480. The molecule has 3 N–H and O–H groups in total. The van der Waals surface area contributed by atoms with Gasteiger partial charge in [0.15, 0.2) is 5.78 Å². The highest BCUT2D eigenvalue weighted by molar-refractivity contribution is 6.02. The Kier molecular flexibility index (Phi) is 7.86. The maximum absolute atomic E-state index is 13.8. The number of benzene rings is 2. The van der Waals surface area contributed by atoms with Crippen molar-refractivity contribution in [2.24, 2.45) is 5.92 Å². The van der Waals surface area contributed by atoms with Crippen LogP contribution < -0.4 is 29.8 Å². The molecule has 5 rings (SSSR count). The zero-order chi connectivity index (χ0) is 28.2. The molecule has 8 nitrogen and oxygen atoms in total. The van der Waals surface area contributed by atoms with E-state index in [9.17, 15) is 9.59 Å². The first-order chi connectivity index (χ1) is 19.4. The van der Waals surface area contributed by atoms with Crippen LogP contribution in [-0.4, -0.2) is 25.9 Å². The number of carbonyl (C=O) groups is 2. The molecule has 0 radical (unpaired) electrons. The van der Waals surface area contributed by atoms with Gasteiger partial charge in [0.1, 0.15) is 29.8 Å². The fourth-order valence-electron chi connectivity index (χ4n) is 5.46. The molecule has 2 atom stereocenters. The number of aromatic nitrogens is 1. The lowest BCUT2D eigenvalue weighted by Crippen LogP contribution is -2.43. The monoisotopic (exact) mass is 540 g/mol. The van der Waals surface area contributed by atoms with Crippen LogP contribution >= 0.6 is 0 Å². The lowest BCUT2D eigenvalue weighted by molar-refractivity contribution is -0.360. The highest BCUT2D eigenvalue weighted by Gasteiger charge is 2.44. The standard InChI is InChI=1S/C32H33N3O5/c1-19-14-15-33-28(16-19)35-32(37)29-20(2)34-25-6-5-7-26(36)31(25)30(29)21-8-13-27(39-4)22(17-21)18-40-24-11-9-23(38-3)10-12-24/h8-17,29-30,34H,2,5-7,18H2,1,3-4H3,(H,33,35,37)/p+1. The smallest absolute Gasteiger partial charge is 0.317 e. The number of allylic oxidation sites excluding steroid dienone is 2. The van der Waals surface area contributed by atoms with Crippen molar-refractivity contribution in [2.75, 3.05) is 19.5 Å². The SMILES string of the molecule is C=C1NC2=C(C(=O)CCC2)C(c2ccc(OC)c(COc3ccc(OC)cc3)c2)C1C(=O)Nc1cc(C)cc[nH+]1. The Hall–Kier alpha value is -4.59. The van der Waals surface area contributed by atoms with Crippen molar-refractivity contribution < 1.29 is 28.8 Å². The highest BCUT2D eigenvalue weighted by atomic mass is 16.5. The zero-order valence-electron chi connectivity index (χ0n) is 23.0. The van der Waals surface area contributed by atoms with E-state index in [0.717, 1.165) is 41.0 Å². The fourth-order valence-corrected chi connectivity index (χ4v) is 5.46. The van der Waals surface area contributed by atoms with Crippen molar-refractivity contribution in [2.45, 2.75) is 38.7 Å². The summed E-state index contributed by atoms with van der Waals surface area (Å²) in [4.78, 5) is 30.2. The number of Topliss-reactive ketones (excluding diaryl/α,β-unsaturated/α-hetero) is 1. The zero-order valence-corrected chi connectivity index (χ0v) is 23.0. The number of ketones is 1. The number of pyridine rings is 1. The van der Waals surface area contributed by atoms with Gasteiger partial charge in [-0.15, -0.1) is 0 Å². The van der Waals surface area contributed by atoms with Gasteiger partial charge >= 0.3 is 5.91 Å². The molecule has 1 amide bonds. The number of H-pyrrole nitrogens is 1. The molecule has 8 heteroatoms. The third kappa shape index (κ3) is 5.57. The van der Waals surface area contributed by atoms with Crippen LogP contribution in [0.5, 0.6) is 17.2 Å². The van der Waals surface area contributed by atoms with Crippen molar-refractivity contribution in [1.82, 2.24) is 5.32 Å². The molecular weight excluding hydrogens is 506 g/mol. The Morgan fingerprint density at radius 2 is 1.82 bits per heavy atom. The molecule has 0 saturated heterocycles. The lowest BCUT2D eigenvalue weighted by Gasteiger charge is -2.37. The van der Waals surface area contributed by atoms with Crippen LogP contribution in [0.15, 0.2) is 84.3 Å². The number of nitrogens with one attached hydrogen (secondary N) is 3. The van der Waals surface area contributed by atoms with Gasteiger partial charge in [-0.3, -0.25) is 4.79 Å². The number of methoxy groups -OCH3 is 2. The van der Waals surface area contributed by atoms with Gasteiger partial charge in [0.05, 0.1) is 20.4 Å². The molecule has 0 saturated carbocycles. The summed E-state index contributed by atoms with van der Waals surface area (Å²) in [5.41, 5.74) is 4.71. The summed E-state index contributed by atoms with van der Waals surface area (Å²) in [7, 11) is 3.23. The summed E-state index contributed by atoms with van der Waals surface area (Å²) < 4.78 is 16.9. The molecule has 1 aliphatic heterocycles. The van der Waals surface area contributed by atoms with Crippen LogP contribution in [0.3, 0.4) is 0 Å². The first kappa shape index (κ1) is 27.0. The molecule has 2 aromatic carbocycles. The van der Waals surface area contributed by atoms with E-state index >= 15 is 0 Å². The van der Waals surface area contributed by atoms with Gasteiger partial charge in [-0.2, -0.15) is 0 Å². The van der Waals surface area contributed by atoms with Crippen LogP contribution in [-0.2, 0) is 16.2 Å². The topological polar surface area (TPSA) is 100 Å². The largest absolute Gasteiger partial charge is 0.497 e. The molecule has 2 aliphatic rings. The van der Waals surface area contributed by atoms with Gasteiger partial charge in [0.25, 0.3) is 5.82 Å². The molecule has 0 spiro atoms. The molecule has 1 aromatic heterocycles. The van der Waals surface area contributed by atoms with Gasteiger partial charge in [-0.1, -0.05) is 12.6 Å². The predicted molar refractivity (Wildman–Crippen MR) is 151 cm³/mol. The lowest BCUT2D eigenvalue weighted by atomic mass is 9.71. The minimum Gasteiger partial charge on any atom is -0.497 e. The minimum atomic E-state index is -0.710. The van der Waals surface area contributed by atoms with Crippen LogP contribution in [0.4, 0.5) is 5.82 Å². The normalized spacial score (nSPS) is 18.5. The molecule has 0 bridgehead atoms. The summed E-state index contributed by atoms with van der Waals surface area (Å²) in [6.45, 7) is 6.42. The second-order valence-electron chi connectivity index (χ2n) is 10.1. The number of aromatic amines is 1. The number of hydrogen-bond acceptors (Lipinski definition) is 6. The summed E-state index contributed by atoms with van der Waals surface area (Å²) in [5.74, 6) is 1.25. The van der Waals surface area contributed by atoms with Crippen LogP contribution in [0.1, 0.15) is 41.9 Å². The maximum Gasteiger partial charge on any atom is 0.317 e. The van der Waals surface area contributed by atoms with Crippen molar-refractivity contribution >= 4 is 17.5 Å². The number of anilines is 1. The Morgan fingerprint density at radius 3 is 2.55 bits per heavy atom. The van der Waals surface area contributed by atoms with E-state index in [1.807, 2.05) is 61.5 Å². The van der Waals surface area contributed by atoms with E-state index in [2.05, 4.69) is 22.2 Å². The van der Waals surface area contributed by atoms with Gasteiger partial charge < -0.3 is 19.5 Å². The van der Waals surface area contributed by atoms with Crippen molar-refractivity contribution in [3.8, 4) is 17.2 Å². The Labute approximate surface area is 234 Å². The molecule has 2 heterocycles. The van der Waals surface area contributed by atoms with Gasteiger partial charge in [-0.25, -0.2) is 15.1 Å². The van der Waals surface area contributed by atoms with Crippen molar-refractivity contribution in [3.63, 3.8) is 0 Å². The second kappa shape index (κ2) is 11.7. The van der Waals surface area contributed by atoms with E-state index in [-0.39, 0.29) is 18.3 Å². The quantitative estimate of drug-likeness (QED) is 0.423. The van der Waals surface area contributed by atoms with Gasteiger partial charge in [-0.05, 0) is 73.4 Å². The van der Waals surface area contributed by atoms with Gasteiger partial charge in [0.2, 0.25) is 0 Å². The average molecular weight is 541 g/mol. The minimum absolute atomic E-state index is 0.0537. The van der Waals surface area contributed by atoms with Gasteiger partial charge in [0, 0.05) is 40.9 Å². The number of ether oxygens (including phenoxy) is 3. The molecule has 3 aromatic rings. The van der Waals surface area contributed by atoms with E-state index in [1.54, 1.807) is 20.4 Å². The first-order valence-corrected chi connectivity index (χ1v) is 13.3. The van der Waals surface area contributed by atoms with Crippen LogP contribution in [0, 0.1) is 12.8 Å². The third-order valence-electron chi connectivity index (χ3n) is 7.40.